The predicted octanol–water partition coefficient (Wildman–Crippen LogP) is 2.97. The van der Waals surface area contributed by atoms with Crippen molar-refractivity contribution in [1.82, 2.24) is 0 Å². The molecule has 2 aromatic carbocycles. The lowest BCUT2D eigenvalue weighted by Gasteiger charge is -2.10. The third-order valence-electron chi connectivity index (χ3n) is 2.32. The second-order valence-corrected chi connectivity index (χ2v) is 6.31. The number of hydrogen-bond donors (Lipinski definition) is 2. The Hall–Kier alpha value is -1.60. The first kappa shape index (κ1) is 13.8. The quantitative estimate of drug-likeness (QED) is 0.840. The van der Waals surface area contributed by atoms with Gasteiger partial charge in [-0.15, -0.1) is 0 Å². The molecule has 4 nitrogen and oxygen atoms in total. The molecule has 0 aliphatic heterocycles. The van der Waals surface area contributed by atoms with Gasteiger partial charge >= 0.3 is 0 Å². The average molecular weight is 345 g/mol. The number of benzene rings is 2. The van der Waals surface area contributed by atoms with Gasteiger partial charge in [0.05, 0.1) is 5.69 Å². The first-order chi connectivity index (χ1) is 8.88. The van der Waals surface area contributed by atoms with Crippen molar-refractivity contribution in [3.05, 3.63) is 52.8 Å². The fraction of sp³-hybridized carbons (Fsp3) is 0. The van der Waals surface area contributed by atoms with Gasteiger partial charge in [-0.3, -0.25) is 4.72 Å². The first-order valence-electron chi connectivity index (χ1n) is 5.22. The highest BCUT2D eigenvalue weighted by molar-refractivity contribution is 9.10. The smallest absolute Gasteiger partial charge is 0.263 e. The Bertz CT molecular complexity index is 719. The molecule has 0 saturated heterocycles. The van der Waals surface area contributed by atoms with Crippen LogP contribution < -0.4 is 10.5 Å². The zero-order valence-electron chi connectivity index (χ0n) is 9.60. The van der Waals surface area contributed by atoms with Crippen LogP contribution >= 0.6 is 15.9 Å². The molecular formula is C12H10BrFN2O2S. The monoisotopic (exact) mass is 344 g/mol. The number of rotatable bonds is 3. The summed E-state index contributed by atoms with van der Waals surface area (Å²) < 4.78 is 39.8. The van der Waals surface area contributed by atoms with Gasteiger partial charge in [0.1, 0.15) is 10.7 Å². The normalized spacial score (nSPS) is 11.3. The van der Waals surface area contributed by atoms with E-state index in [1.165, 1.54) is 12.1 Å². The Balaban J connectivity index is 2.38. The Morgan fingerprint density at radius 2 is 1.89 bits per heavy atom. The third-order valence-corrected chi connectivity index (χ3v) is 4.68. The van der Waals surface area contributed by atoms with Crippen LogP contribution in [-0.2, 0) is 10.0 Å². The highest BCUT2D eigenvalue weighted by Gasteiger charge is 2.18. The van der Waals surface area contributed by atoms with E-state index in [1.807, 2.05) is 0 Å². The molecule has 0 amide bonds. The summed E-state index contributed by atoms with van der Waals surface area (Å²) in [4.78, 5) is -0.0451. The number of sulfonamides is 1. The SMILES string of the molecule is Nc1cccc(NS(=O)(=O)c2ccc(F)cc2Br)c1. The maximum atomic E-state index is 13.0. The van der Waals surface area contributed by atoms with Gasteiger partial charge < -0.3 is 5.73 Å². The van der Waals surface area contributed by atoms with E-state index in [2.05, 4.69) is 20.7 Å². The van der Waals surface area contributed by atoms with Gasteiger partial charge in [0, 0.05) is 10.2 Å². The van der Waals surface area contributed by atoms with E-state index in [4.69, 9.17) is 5.73 Å². The van der Waals surface area contributed by atoms with Crippen molar-refractivity contribution in [3.8, 4) is 0 Å². The summed E-state index contributed by atoms with van der Waals surface area (Å²) in [7, 11) is -3.80. The number of anilines is 2. The highest BCUT2D eigenvalue weighted by Crippen LogP contribution is 2.25. The second-order valence-electron chi connectivity index (χ2n) is 3.81. The van der Waals surface area contributed by atoms with Crippen LogP contribution in [0.5, 0.6) is 0 Å². The molecule has 0 radical (unpaired) electrons. The minimum absolute atomic E-state index is 0.0451. The van der Waals surface area contributed by atoms with Crippen molar-refractivity contribution in [2.45, 2.75) is 4.90 Å². The van der Waals surface area contributed by atoms with E-state index in [9.17, 15) is 12.8 Å². The molecule has 0 fully saturated rings. The van der Waals surface area contributed by atoms with Gasteiger partial charge in [0.15, 0.2) is 0 Å². The Morgan fingerprint density at radius 3 is 2.53 bits per heavy atom. The summed E-state index contributed by atoms with van der Waals surface area (Å²) in [5, 5.41) is 0. The molecule has 0 atom stereocenters. The highest BCUT2D eigenvalue weighted by atomic mass is 79.9. The molecule has 2 rings (SSSR count). The molecule has 19 heavy (non-hydrogen) atoms. The molecule has 7 heteroatoms. The number of nitrogens with one attached hydrogen (secondary N) is 1. The molecule has 0 bridgehead atoms. The zero-order chi connectivity index (χ0) is 14.0. The van der Waals surface area contributed by atoms with Crippen LogP contribution in [0.25, 0.3) is 0 Å². The van der Waals surface area contributed by atoms with Gasteiger partial charge in [0.2, 0.25) is 0 Å². The van der Waals surface area contributed by atoms with Gasteiger partial charge in [-0.2, -0.15) is 0 Å². The van der Waals surface area contributed by atoms with Crippen molar-refractivity contribution in [3.63, 3.8) is 0 Å². The molecular weight excluding hydrogens is 335 g/mol. The van der Waals surface area contributed by atoms with Crippen molar-refractivity contribution in [1.29, 1.82) is 0 Å². The van der Waals surface area contributed by atoms with Gasteiger partial charge in [0.25, 0.3) is 10.0 Å². The van der Waals surface area contributed by atoms with Gasteiger partial charge in [-0.05, 0) is 52.3 Å². The second kappa shape index (κ2) is 5.18. The summed E-state index contributed by atoms with van der Waals surface area (Å²) in [6.07, 6.45) is 0. The number of hydrogen-bond acceptors (Lipinski definition) is 3. The van der Waals surface area contributed by atoms with E-state index >= 15 is 0 Å². The van der Waals surface area contributed by atoms with E-state index < -0.39 is 15.8 Å². The molecule has 0 aliphatic carbocycles. The van der Waals surface area contributed by atoms with Crippen molar-refractivity contribution in [2.24, 2.45) is 0 Å². The number of nitrogen functional groups attached to an aromatic ring is 1. The van der Waals surface area contributed by atoms with Crippen molar-refractivity contribution < 1.29 is 12.8 Å². The Labute approximate surface area is 118 Å². The summed E-state index contributed by atoms with van der Waals surface area (Å²) in [6, 6.07) is 9.71. The molecule has 0 saturated carbocycles. The number of nitrogens with two attached hydrogens (primary N) is 1. The van der Waals surface area contributed by atoms with Crippen LogP contribution in [-0.4, -0.2) is 8.42 Å². The van der Waals surface area contributed by atoms with Crippen LogP contribution in [0.4, 0.5) is 15.8 Å². The summed E-state index contributed by atoms with van der Waals surface area (Å²) in [6.45, 7) is 0. The minimum atomic E-state index is -3.80. The number of halogens is 2. The lowest BCUT2D eigenvalue weighted by atomic mass is 10.3. The fourth-order valence-corrected chi connectivity index (χ4v) is 3.61. The van der Waals surface area contributed by atoms with Crippen LogP contribution in [0.3, 0.4) is 0 Å². The van der Waals surface area contributed by atoms with E-state index in [0.717, 1.165) is 12.1 Å². The lowest BCUT2D eigenvalue weighted by molar-refractivity contribution is 0.599. The maximum Gasteiger partial charge on any atom is 0.263 e. The van der Waals surface area contributed by atoms with E-state index in [0.29, 0.717) is 11.4 Å². The van der Waals surface area contributed by atoms with Gasteiger partial charge in [-0.25, -0.2) is 12.8 Å². The van der Waals surface area contributed by atoms with Gasteiger partial charge in [-0.1, -0.05) is 6.07 Å². The molecule has 0 heterocycles. The zero-order valence-corrected chi connectivity index (χ0v) is 12.0. The standard InChI is InChI=1S/C12H10BrFN2O2S/c13-11-6-8(14)4-5-12(11)19(17,18)16-10-3-1-2-9(15)7-10/h1-7,16H,15H2. The fourth-order valence-electron chi connectivity index (χ4n) is 1.51. The summed E-state index contributed by atoms with van der Waals surface area (Å²) >= 11 is 3.03. The summed E-state index contributed by atoms with van der Waals surface area (Å²) in [5.74, 6) is -0.519. The molecule has 0 aromatic heterocycles. The van der Waals surface area contributed by atoms with Crippen LogP contribution in [0, 0.1) is 5.82 Å². The third kappa shape index (κ3) is 3.24. The predicted molar refractivity (Wildman–Crippen MR) is 75.8 cm³/mol. The summed E-state index contributed by atoms with van der Waals surface area (Å²) in [5.41, 5.74) is 6.36. The molecule has 0 unspecified atom stereocenters. The Kier molecular flexibility index (Phi) is 3.77. The molecule has 3 N–H and O–H groups in total. The average Bonchev–Trinajstić information content (AvgIpc) is 2.27. The molecule has 2 aromatic rings. The lowest BCUT2D eigenvalue weighted by Crippen LogP contribution is -2.13. The van der Waals surface area contributed by atoms with E-state index in [1.54, 1.807) is 18.2 Å². The largest absolute Gasteiger partial charge is 0.399 e. The molecule has 0 spiro atoms. The van der Waals surface area contributed by atoms with Crippen LogP contribution in [0.1, 0.15) is 0 Å². The van der Waals surface area contributed by atoms with E-state index in [-0.39, 0.29) is 9.37 Å². The molecule has 0 aliphatic rings. The van der Waals surface area contributed by atoms with Crippen LogP contribution in [0.2, 0.25) is 0 Å². The topological polar surface area (TPSA) is 72.2 Å². The van der Waals surface area contributed by atoms with Crippen molar-refractivity contribution in [2.75, 3.05) is 10.5 Å². The maximum absolute atomic E-state index is 13.0. The molecule has 100 valence electrons. The van der Waals surface area contributed by atoms with Crippen LogP contribution in [0.15, 0.2) is 51.8 Å². The minimum Gasteiger partial charge on any atom is -0.399 e. The first-order valence-corrected chi connectivity index (χ1v) is 7.49. The Morgan fingerprint density at radius 1 is 1.16 bits per heavy atom. The van der Waals surface area contributed by atoms with Crippen molar-refractivity contribution >= 4 is 37.3 Å².